The molecule has 0 aliphatic carbocycles. The topological polar surface area (TPSA) is 85.1 Å². The van der Waals surface area contributed by atoms with E-state index in [2.05, 4.69) is 9.71 Å². The molecule has 0 amide bonds. The summed E-state index contributed by atoms with van der Waals surface area (Å²) in [5, 5.41) is 0.395. The third kappa shape index (κ3) is 3.00. The standard InChI is InChI=1S/C13H17N3O2S2/c1-3-11-9(2)19-13(15-11)16-20(17,18)12-7-5-4-6-10(12)8-14/h4-7H,3,8,14H2,1-2H3,(H,15,16). The van der Waals surface area contributed by atoms with Crippen LogP contribution in [0.15, 0.2) is 29.2 Å². The summed E-state index contributed by atoms with van der Waals surface area (Å²) in [6.07, 6.45) is 0.781. The van der Waals surface area contributed by atoms with Crippen molar-refractivity contribution in [1.82, 2.24) is 4.98 Å². The fraction of sp³-hybridized carbons (Fsp3) is 0.308. The number of aryl methyl sites for hydroxylation is 2. The lowest BCUT2D eigenvalue weighted by molar-refractivity contribution is 0.600. The highest BCUT2D eigenvalue weighted by molar-refractivity contribution is 7.93. The van der Waals surface area contributed by atoms with Gasteiger partial charge in [-0.15, -0.1) is 11.3 Å². The first-order valence-corrected chi connectivity index (χ1v) is 8.55. The van der Waals surface area contributed by atoms with Crippen LogP contribution in [0.2, 0.25) is 0 Å². The van der Waals surface area contributed by atoms with Gasteiger partial charge in [0.1, 0.15) is 0 Å². The maximum atomic E-state index is 12.4. The Balaban J connectivity index is 2.35. The molecule has 20 heavy (non-hydrogen) atoms. The molecule has 0 aliphatic heterocycles. The van der Waals surface area contributed by atoms with Crippen molar-refractivity contribution in [2.75, 3.05) is 4.72 Å². The number of nitrogens with one attached hydrogen (secondary N) is 1. The van der Waals surface area contributed by atoms with Crippen LogP contribution in [-0.4, -0.2) is 13.4 Å². The number of hydrogen-bond donors (Lipinski definition) is 2. The highest BCUT2D eigenvalue weighted by atomic mass is 32.2. The molecule has 0 radical (unpaired) electrons. The second kappa shape index (κ2) is 5.90. The van der Waals surface area contributed by atoms with Gasteiger partial charge in [0.05, 0.1) is 10.6 Å². The normalized spacial score (nSPS) is 11.6. The van der Waals surface area contributed by atoms with Crippen LogP contribution in [0.25, 0.3) is 0 Å². The lowest BCUT2D eigenvalue weighted by atomic mass is 10.2. The van der Waals surface area contributed by atoms with E-state index in [0.29, 0.717) is 10.7 Å². The molecule has 5 nitrogen and oxygen atoms in total. The first-order valence-electron chi connectivity index (χ1n) is 6.25. The summed E-state index contributed by atoms with van der Waals surface area (Å²) in [5.74, 6) is 0. The summed E-state index contributed by atoms with van der Waals surface area (Å²) in [6, 6.07) is 6.70. The number of sulfonamides is 1. The number of nitrogens with zero attached hydrogens (tertiary/aromatic N) is 1. The van der Waals surface area contributed by atoms with Crippen LogP contribution in [0, 0.1) is 6.92 Å². The summed E-state index contributed by atoms with van der Waals surface area (Å²) in [7, 11) is -3.65. The smallest absolute Gasteiger partial charge is 0.263 e. The molecule has 1 aromatic carbocycles. The molecule has 1 aromatic heterocycles. The monoisotopic (exact) mass is 311 g/mol. The van der Waals surface area contributed by atoms with Crippen LogP contribution in [0.5, 0.6) is 0 Å². The molecule has 0 saturated heterocycles. The maximum Gasteiger partial charge on any atom is 0.263 e. The van der Waals surface area contributed by atoms with E-state index in [1.165, 1.54) is 11.3 Å². The van der Waals surface area contributed by atoms with Gasteiger partial charge in [-0.25, -0.2) is 13.4 Å². The quantitative estimate of drug-likeness (QED) is 0.887. The van der Waals surface area contributed by atoms with E-state index in [0.717, 1.165) is 17.0 Å². The van der Waals surface area contributed by atoms with Crippen molar-refractivity contribution in [3.05, 3.63) is 40.4 Å². The number of benzene rings is 1. The van der Waals surface area contributed by atoms with Gasteiger partial charge >= 0.3 is 0 Å². The number of anilines is 1. The van der Waals surface area contributed by atoms with Gasteiger partial charge in [0.2, 0.25) is 0 Å². The van der Waals surface area contributed by atoms with Crippen molar-refractivity contribution >= 4 is 26.5 Å². The molecule has 0 aliphatic rings. The van der Waals surface area contributed by atoms with Gasteiger partial charge in [-0.2, -0.15) is 0 Å². The van der Waals surface area contributed by atoms with Crippen LogP contribution in [0.3, 0.4) is 0 Å². The number of nitrogens with two attached hydrogens (primary N) is 1. The Kier molecular flexibility index (Phi) is 4.42. The summed E-state index contributed by atoms with van der Waals surface area (Å²) in [5.41, 5.74) is 7.09. The Labute approximate surface area is 122 Å². The first-order chi connectivity index (χ1) is 9.47. The lowest BCUT2D eigenvalue weighted by Gasteiger charge is -2.09. The second-order valence-electron chi connectivity index (χ2n) is 4.29. The van der Waals surface area contributed by atoms with Gasteiger partial charge in [0, 0.05) is 11.4 Å². The zero-order valence-corrected chi connectivity index (χ0v) is 13.0. The van der Waals surface area contributed by atoms with E-state index in [1.54, 1.807) is 24.3 Å². The van der Waals surface area contributed by atoms with Crippen molar-refractivity contribution in [3.63, 3.8) is 0 Å². The molecule has 0 atom stereocenters. The van der Waals surface area contributed by atoms with Crippen molar-refractivity contribution in [2.24, 2.45) is 5.73 Å². The summed E-state index contributed by atoms with van der Waals surface area (Å²) in [4.78, 5) is 5.52. The lowest BCUT2D eigenvalue weighted by Crippen LogP contribution is -2.16. The molecule has 3 N–H and O–H groups in total. The summed E-state index contributed by atoms with van der Waals surface area (Å²) >= 11 is 1.34. The first kappa shape index (κ1) is 15.0. The van der Waals surface area contributed by atoms with E-state index in [-0.39, 0.29) is 11.4 Å². The van der Waals surface area contributed by atoms with Crippen LogP contribution >= 0.6 is 11.3 Å². The van der Waals surface area contributed by atoms with Crippen LogP contribution in [0.4, 0.5) is 5.13 Å². The minimum atomic E-state index is -3.65. The minimum absolute atomic E-state index is 0.175. The number of rotatable bonds is 5. The number of thiazole rings is 1. The third-order valence-electron chi connectivity index (χ3n) is 2.93. The van der Waals surface area contributed by atoms with Gasteiger partial charge in [-0.3, -0.25) is 4.72 Å². The molecule has 0 saturated carbocycles. The summed E-state index contributed by atoms with van der Waals surface area (Å²) < 4.78 is 27.3. The largest absolute Gasteiger partial charge is 0.326 e. The predicted octanol–water partition coefficient (Wildman–Crippen LogP) is 2.27. The number of hydrogen-bond acceptors (Lipinski definition) is 5. The van der Waals surface area contributed by atoms with E-state index in [4.69, 9.17) is 5.73 Å². The second-order valence-corrected chi connectivity index (χ2v) is 7.15. The van der Waals surface area contributed by atoms with Crippen LogP contribution in [-0.2, 0) is 23.0 Å². The zero-order valence-electron chi connectivity index (χ0n) is 11.4. The van der Waals surface area contributed by atoms with Gasteiger partial charge < -0.3 is 5.73 Å². The molecule has 2 rings (SSSR count). The molecule has 0 fully saturated rings. The SMILES string of the molecule is CCc1nc(NS(=O)(=O)c2ccccc2CN)sc1C. The summed E-state index contributed by atoms with van der Waals surface area (Å²) in [6.45, 7) is 4.10. The highest BCUT2D eigenvalue weighted by Gasteiger charge is 2.19. The van der Waals surface area contributed by atoms with E-state index >= 15 is 0 Å². The fourth-order valence-electron chi connectivity index (χ4n) is 1.90. The van der Waals surface area contributed by atoms with E-state index < -0.39 is 10.0 Å². The van der Waals surface area contributed by atoms with Crippen molar-refractivity contribution < 1.29 is 8.42 Å². The van der Waals surface area contributed by atoms with Gasteiger partial charge in [-0.1, -0.05) is 25.1 Å². The van der Waals surface area contributed by atoms with Crippen molar-refractivity contribution in [2.45, 2.75) is 31.7 Å². The van der Waals surface area contributed by atoms with Crippen LogP contribution in [0.1, 0.15) is 23.1 Å². The Morgan fingerprint density at radius 3 is 2.65 bits per heavy atom. The fourth-order valence-corrected chi connectivity index (χ4v) is 4.29. The molecule has 1 heterocycles. The molecular formula is C13H17N3O2S2. The average Bonchev–Trinajstić information content (AvgIpc) is 2.77. The third-order valence-corrected chi connectivity index (χ3v) is 5.43. The predicted molar refractivity (Wildman–Crippen MR) is 81.4 cm³/mol. The molecule has 7 heteroatoms. The Hall–Kier alpha value is -1.44. The molecular weight excluding hydrogens is 294 g/mol. The van der Waals surface area contributed by atoms with Gasteiger partial charge in [-0.05, 0) is 25.0 Å². The van der Waals surface area contributed by atoms with Crippen molar-refractivity contribution in [3.8, 4) is 0 Å². The van der Waals surface area contributed by atoms with E-state index in [9.17, 15) is 8.42 Å². The zero-order chi connectivity index (χ0) is 14.8. The molecule has 0 unspecified atom stereocenters. The van der Waals surface area contributed by atoms with Gasteiger partial charge in [0.15, 0.2) is 5.13 Å². The Morgan fingerprint density at radius 1 is 1.35 bits per heavy atom. The molecule has 0 bridgehead atoms. The number of aromatic nitrogens is 1. The Morgan fingerprint density at radius 2 is 2.05 bits per heavy atom. The minimum Gasteiger partial charge on any atom is -0.326 e. The average molecular weight is 311 g/mol. The van der Waals surface area contributed by atoms with E-state index in [1.807, 2.05) is 13.8 Å². The molecule has 2 aromatic rings. The van der Waals surface area contributed by atoms with Gasteiger partial charge in [0.25, 0.3) is 10.0 Å². The Bertz CT molecular complexity index is 708. The van der Waals surface area contributed by atoms with Crippen LogP contribution < -0.4 is 10.5 Å². The molecule has 108 valence electrons. The molecule has 0 spiro atoms. The maximum absolute atomic E-state index is 12.4. The van der Waals surface area contributed by atoms with Crippen molar-refractivity contribution in [1.29, 1.82) is 0 Å². The highest BCUT2D eigenvalue weighted by Crippen LogP contribution is 2.25.